The molecule has 0 saturated heterocycles. The fraction of sp³-hybridized carbons (Fsp3) is 0.463. The number of hydrogen-bond acceptors (Lipinski definition) is 25. The Kier molecular flexibility index (Phi) is 40.9. The maximum Gasteiger partial charge on any atom is 0.305 e. The van der Waals surface area contributed by atoms with Gasteiger partial charge in [0.25, 0.3) is 0 Å². The summed E-state index contributed by atoms with van der Waals surface area (Å²) < 4.78 is 21.5. The van der Waals surface area contributed by atoms with Crippen LogP contribution in [0.25, 0.3) is 21.6 Å². The fourth-order valence-corrected chi connectivity index (χ4v) is 12.5. The van der Waals surface area contributed by atoms with Crippen molar-refractivity contribution in [2.24, 2.45) is 22.0 Å². The predicted molar refractivity (Wildman–Crippen MR) is 454 cm³/mol. The van der Waals surface area contributed by atoms with Crippen LogP contribution < -0.4 is 90.6 Å². The summed E-state index contributed by atoms with van der Waals surface area (Å²) in [7, 11) is 0. The van der Waals surface area contributed by atoms with Crippen LogP contribution in [0.15, 0.2) is 109 Å². The molecule has 15 amide bonds. The van der Waals surface area contributed by atoms with E-state index >= 15 is 4.39 Å². The van der Waals surface area contributed by atoms with E-state index < -0.39 is 211 Å². The van der Waals surface area contributed by atoms with Gasteiger partial charge < -0.3 is 111 Å². The number of unbranched alkanes of at least 4 members (excludes halogenated alkanes) is 1. The smallest absolute Gasteiger partial charge is 0.305 e. The van der Waals surface area contributed by atoms with Gasteiger partial charge in [-0.25, -0.2) is 9.37 Å². The number of aromatic nitrogens is 6. The van der Waals surface area contributed by atoms with Crippen molar-refractivity contribution in [2.45, 2.75) is 186 Å². The van der Waals surface area contributed by atoms with Crippen LogP contribution in [-0.4, -0.2) is 253 Å². The number of aliphatic hydroxyl groups is 2. The van der Waals surface area contributed by atoms with E-state index in [0.29, 0.717) is 67.8 Å². The normalized spacial score (nSPS) is 13.6. The van der Waals surface area contributed by atoms with E-state index in [9.17, 15) is 92.0 Å². The number of amides is 15. The number of carbonyl (C=O) groups is 16. The van der Waals surface area contributed by atoms with Crippen LogP contribution in [0.3, 0.4) is 0 Å². The zero-order valence-corrected chi connectivity index (χ0v) is 71.6. The molecule has 45 nitrogen and oxygen atoms in total. The highest BCUT2D eigenvalue weighted by Crippen LogP contribution is 2.30. The molecule has 6 rings (SSSR count). The quantitative estimate of drug-likeness (QED) is 0.00573. The molecular weight excluding hydrogens is 1670 g/mol. The fourth-order valence-electron chi connectivity index (χ4n) is 12.5. The molecule has 10 atom stereocenters. The van der Waals surface area contributed by atoms with Gasteiger partial charge in [0.05, 0.1) is 64.3 Å². The molecule has 690 valence electrons. The molecule has 0 spiro atoms. The van der Waals surface area contributed by atoms with Gasteiger partial charge in [0, 0.05) is 62.1 Å². The first-order chi connectivity index (χ1) is 60.8. The van der Waals surface area contributed by atoms with Crippen molar-refractivity contribution in [3.8, 4) is 16.9 Å². The maximum absolute atomic E-state index is 15.6. The molecule has 4 aromatic carbocycles. The Bertz CT molecular complexity index is 4880. The van der Waals surface area contributed by atoms with Crippen molar-refractivity contribution in [3.63, 3.8) is 0 Å². The topological polar surface area (TPSA) is 695 Å². The van der Waals surface area contributed by atoms with Crippen molar-refractivity contribution in [1.82, 2.24) is 105 Å². The first-order valence-electron chi connectivity index (χ1n) is 40.8. The Labute approximate surface area is 733 Å². The Morgan fingerprint density at radius 1 is 0.602 bits per heavy atom. The number of aryl methyl sites for hydroxylation is 2. The van der Waals surface area contributed by atoms with Gasteiger partial charge in [-0.15, -0.1) is 10.2 Å². The van der Waals surface area contributed by atoms with E-state index in [1.165, 1.54) is 38.4 Å². The van der Waals surface area contributed by atoms with Gasteiger partial charge >= 0.3 is 5.97 Å². The summed E-state index contributed by atoms with van der Waals surface area (Å²) in [6, 6.07) is 12.0. The number of aliphatic carboxylic acids is 1. The maximum atomic E-state index is 15.6. The summed E-state index contributed by atoms with van der Waals surface area (Å²) in [6.07, 6.45) is -0.493. The second-order valence-corrected chi connectivity index (χ2v) is 30.6. The number of tetrazole rings is 1. The third-order valence-corrected chi connectivity index (χ3v) is 19.9. The number of hydrogen-bond donors (Lipinski definition) is 21. The molecule has 0 aliphatic heterocycles. The molecular formula is C82H110FN25O20. The second kappa shape index (κ2) is 51.1. The molecule has 0 aliphatic rings. The zero-order valence-electron chi connectivity index (χ0n) is 71.6. The summed E-state index contributed by atoms with van der Waals surface area (Å²) in [5, 5.41) is 82.7. The van der Waals surface area contributed by atoms with Crippen LogP contribution in [-0.2, 0) is 122 Å². The van der Waals surface area contributed by atoms with E-state index in [1.54, 1.807) is 60.8 Å². The van der Waals surface area contributed by atoms with E-state index in [4.69, 9.17) is 21.7 Å². The summed E-state index contributed by atoms with van der Waals surface area (Å²) in [5.41, 5.74) is 20.4. The second-order valence-electron chi connectivity index (χ2n) is 30.6. The van der Waals surface area contributed by atoms with Crippen LogP contribution in [0.1, 0.15) is 120 Å². The molecule has 0 aliphatic carbocycles. The Morgan fingerprint density at radius 2 is 1.21 bits per heavy atom. The largest absolute Gasteiger partial charge is 0.494 e. The van der Waals surface area contributed by atoms with Crippen molar-refractivity contribution in [2.75, 3.05) is 52.4 Å². The van der Waals surface area contributed by atoms with Crippen molar-refractivity contribution in [3.05, 3.63) is 159 Å². The average Bonchev–Trinajstić information content (AvgIpc) is 0.829. The number of aliphatic hydroxyl groups excluding tert-OH is 2. The van der Waals surface area contributed by atoms with E-state index in [-0.39, 0.29) is 50.3 Å². The van der Waals surface area contributed by atoms with E-state index in [0.717, 1.165) is 56.0 Å². The number of rotatable bonds is 54. The molecule has 0 radical (unpaired) electrons. The molecule has 46 heteroatoms. The van der Waals surface area contributed by atoms with Crippen LogP contribution in [0, 0.1) is 11.2 Å². The summed E-state index contributed by atoms with van der Waals surface area (Å²) >= 11 is 0. The van der Waals surface area contributed by atoms with Crippen molar-refractivity contribution in [1.29, 1.82) is 0 Å². The van der Waals surface area contributed by atoms with Gasteiger partial charge in [-0.1, -0.05) is 90.0 Å². The number of primary amides is 1. The number of benzene rings is 4. The molecule has 2 heterocycles. The highest BCUT2D eigenvalue weighted by molar-refractivity contribution is 6.06. The molecule has 0 bridgehead atoms. The van der Waals surface area contributed by atoms with Crippen molar-refractivity contribution >= 4 is 94.6 Å². The number of nitrogens with zero attached hydrogens (tertiary/aromatic N) is 7. The van der Waals surface area contributed by atoms with Gasteiger partial charge in [0.2, 0.25) is 88.6 Å². The Balaban J connectivity index is 1.14. The molecule has 1 unspecified atom stereocenters. The number of carbonyl (C=O) groups excluding carboxylic acids is 15. The lowest BCUT2D eigenvalue weighted by atomic mass is 9.90. The predicted octanol–water partition coefficient (Wildman–Crippen LogP) is -3.75. The number of ether oxygens (including phenoxy) is 1. The van der Waals surface area contributed by atoms with E-state index in [2.05, 4.69) is 115 Å². The summed E-state index contributed by atoms with van der Waals surface area (Å²) in [4.78, 5) is 224. The Morgan fingerprint density at radius 3 is 1.82 bits per heavy atom. The Hall–Kier alpha value is -14.4. The number of nitrogens with two attached hydrogens (primary N) is 2. The SMILES string of the molecule is CCc1cc(OCCCCN=[N+]=[N-])ccc1-c1ccc(C[C@H](NC(=O)[C@H](CC(=O)O)NC(=O)[C@H](C)NC(=O)[C@@H](NC(=O)C(C)(Cc2ccccc2F)NC(=O)[C@@H](NC(=O)CNC(=O)[C@H](Cc2nn[nH]n2)NC(=O)C(C)(C)C(=O)NCCc2cnc[nH]2)[C@@H](C)O)[C@@H](C)O)C(=O)N[C@@H](CCCc2ccc(CNC(=O)CNC(=O)CNC(=O)CNC(=O)CN)cc2)C(N)=O)cc1. The lowest BCUT2D eigenvalue weighted by Crippen LogP contribution is -2.66. The van der Waals surface area contributed by atoms with Gasteiger partial charge in [0.1, 0.15) is 64.8 Å². The third kappa shape index (κ3) is 33.9. The van der Waals surface area contributed by atoms with Crippen LogP contribution in [0.2, 0.25) is 0 Å². The van der Waals surface area contributed by atoms with E-state index in [1.807, 2.05) is 19.1 Å². The molecule has 0 fully saturated rings. The summed E-state index contributed by atoms with van der Waals surface area (Å²) in [6.45, 7) is 7.17. The van der Waals surface area contributed by atoms with Gasteiger partial charge in [0.15, 0.2) is 5.82 Å². The van der Waals surface area contributed by atoms with Crippen LogP contribution in [0.5, 0.6) is 5.75 Å². The van der Waals surface area contributed by atoms with Gasteiger partial charge in [-0.3, -0.25) is 76.7 Å². The van der Waals surface area contributed by atoms with Crippen molar-refractivity contribution < 1.29 is 101 Å². The first kappa shape index (κ1) is 102. The average molecular weight is 1780 g/mol. The minimum atomic E-state index is -2.39. The van der Waals surface area contributed by atoms with Gasteiger partial charge in [-0.05, 0) is 143 Å². The first-order valence-corrected chi connectivity index (χ1v) is 40.8. The number of imidazole rings is 1. The molecule has 0 saturated carbocycles. The van der Waals surface area contributed by atoms with Gasteiger partial charge in [-0.2, -0.15) is 5.21 Å². The molecule has 23 N–H and O–H groups in total. The third-order valence-electron chi connectivity index (χ3n) is 19.9. The molecule has 128 heavy (non-hydrogen) atoms. The number of H-pyrrole nitrogens is 2. The summed E-state index contributed by atoms with van der Waals surface area (Å²) in [5.74, 6) is -16.6. The minimum Gasteiger partial charge on any atom is -0.494 e. The van der Waals surface area contributed by atoms with Crippen LogP contribution >= 0.6 is 0 Å². The van der Waals surface area contributed by atoms with Crippen LogP contribution in [0.4, 0.5) is 4.39 Å². The number of azide groups is 1. The number of halogens is 1. The minimum absolute atomic E-state index is 0.0439. The lowest BCUT2D eigenvalue weighted by Gasteiger charge is -2.34. The highest BCUT2D eigenvalue weighted by Gasteiger charge is 2.43. The number of nitrogens with one attached hydrogen (secondary N) is 16. The number of carboxylic acid groups (broad SMARTS) is 1. The standard InChI is InChI=1S/C82H110FN25O20/c1-8-51-33-55(128-31-12-11-29-95-106-86)26-27-56(51)52-24-22-49(23-25-52)32-59(74(121)97-58(71(85)118)17-13-14-48-18-20-50(21-19-48)38-89-64(112)41-91-66(114)42-92-65(113)40-90-63(111)37-84)99-75(122)61(35-68(116)117)98-72(119)45(2)96-76(123)69(46(3)109)102-80(127)82(7,36-53-15-9-10-16-57(53)83)103-77(124)70(47(4)110)101-67(115)43-93-73(120)60(34-62-104-107-108-105-62)100-79(126)81(5,6)78(125)88-30-28-54-39-87-44-94-54/h9-10,15-16,18-27,33,39,44-47,58-61,69-70,109-110H,8,11-14,17,28-32,34-38,40-43,84H2,1-7H3,(H2,85,118)(H,87,94)(H,88,125)(H,89,112)(H,90,111)(H,91,114)(H,92,113)(H,93,120)(H,96,123)(H,97,121)(H,98,119)(H,99,122)(H,100,126)(H,101,115)(H,102,127)(H,103,124)(H,116,117)(H,104,105,107,108)/t45-,46+,47+,58-,59-,60-,61-,69-,70-,82?/m0/s1. The highest BCUT2D eigenvalue weighted by atomic mass is 19.1. The number of aromatic amines is 2. The number of carboxylic acids is 1. The lowest BCUT2D eigenvalue weighted by molar-refractivity contribution is -0.143. The molecule has 2 aromatic heterocycles. The molecule has 6 aromatic rings. The monoisotopic (exact) mass is 1780 g/mol. The zero-order chi connectivity index (χ0) is 94.2.